The number of rotatable bonds is 10. The first kappa shape index (κ1) is 25.3. The number of carbonyl (C=O) groups is 2. The molecule has 172 valence electrons. The fraction of sp³-hybridized carbons (Fsp3) is 0.304. The number of aliphatic hydroxyl groups is 1. The molecule has 0 aliphatic rings. The summed E-state index contributed by atoms with van der Waals surface area (Å²) in [6.45, 7) is 3.58. The summed E-state index contributed by atoms with van der Waals surface area (Å²) in [5, 5.41) is 20.5. The van der Waals surface area contributed by atoms with Gasteiger partial charge in [0.05, 0.1) is 6.61 Å². The van der Waals surface area contributed by atoms with Crippen LogP contribution < -0.4 is 15.5 Å². The van der Waals surface area contributed by atoms with E-state index < -0.39 is 23.5 Å². The number of hydroxylamine groups is 1. The zero-order valence-electron chi connectivity index (χ0n) is 18.2. The topological polar surface area (TPSA) is 117 Å². The van der Waals surface area contributed by atoms with Crippen LogP contribution >= 0.6 is 11.8 Å². The summed E-state index contributed by atoms with van der Waals surface area (Å²) in [5.74, 6) is -0.193. The maximum atomic E-state index is 12.7. The molecule has 0 aliphatic carbocycles. The summed E-state index contributed by atoms with van der Waals surface area (Å²) in [6.07, 6.45) is 3.22. The molecule has 2 amide bonds. The molecule has 2 aromatic rings. The highest BCUT2D eigenvalue weighted by Crippen LogP contribution is 2.39. The minimum absolute atomic E-state index is 0.126. The van der Waals surface area contributed by atoms with Crippen molar-refractivity contribution < 1.29 is 29.4 Å². The van der Waals surface area contributed by atoms with E-state index in [-0.39, 0.29) is 13.2 Å². The number of benzene rings is 2. The summed E-state index contributed by atoms with van der Waals surface area (Å²) in [7, 11) is 0. The van der Waals surface area contributed by atoms with Gasteiger partial charge in [0.1, 0.15) is 18.5 Å². The van der Waals surface area contributed by atoms with E-state index in [2.05, 4.69) is 5.32 Å². The van der Waals surface area contributed by atoms with Gasteiger partial charge in [-0.2, -0.15) is 0 Å². The lowest BCUT2D eigenvalue weighted by Crippen LogP contribution is -2.28. The lowest BCUT2D eigenvalue weighted by molar-refractivity contribution is -0.124. The lowest BCUT2D eigenvalue weighted by atomic mass is 9.82. The number of ether oxygens (including phenoxy) is 2. The van der Waals surface area contributed by atoms with Gasteiger partial charge < -0.3 is 14.6 Å². The van der Waals surface area contributed by atoms with Gasteiger partial charge in [-0.15, -0.1) is 11.8 Å². The molecule has 0 bridgehead atoms. The molecule has 0 saturated heterocycles. The van der Waals surface area contributed by atoms with Crippen molar-refractivity contribution in [3.8, 4) is 5.75 Å². The van der Waals surface area contributed by atoms with Crippen molar-refractivity contribution in [2.45, 2.75) is 24.8 Å². The smallest absolute Gasteiger partial charge is 0.412 e. The Labute approximate surface area is 191 Å². The minimum atomic E-state index is -0.831. The van der Waals surface area contributed by atoms with Crippen molar-refractivity contribution in [1.29, 1.82) is 0 Å². The van der Waals surface area contributed by atoms with Crippen LogP contribution in [0.15, 0.2) is 65.6 Å². The highest BCUT2D eigenvalue weighted by atomic mass is 32.2. The monoisotopic (exact) mass is 460 g/mol. The third kappa shape index (κ3) is 7.60. The molecule has 0 saturated carbocycles. The molecule has 0 heterocycles. The van der Waals surface area contributed by atoms with Crippen molar-refractivity contribution in [3.63, 3.8) is 0 Å². The Bertz CT molecular complexity index is 930. The van der Waals surface area contributed by atoms with E-state index in [1.807, 2.05) is 18.4 Å². The van der Waals surface area contributed by atoms with Crippen LogP contribution in [-0.4, -0.2) is 41.8 Å². The van der Waals surface area contributed by atoms with Gasteiger partial charge in [0, 0.05) is 22.1 Å². The number of anilines is 1. The molecule has 0 radical (unpaired) electrons. The molecule has 4 N–H and O–H groups in total. The maximum absolute atomic E-state index is 12.7. The molecule has 2 rings (SSSR count). The first-order valence-electron chi connectivity index (χ1n) is 9.87. The maximum Gasteiger partial charge on any atom is 0.412 e. The van der Waals surface area contributed by atoms with E-state index in [4.69, 9.17) is 19.8 Å². The fourth-order valence-corrected chi connectivity index (χ4v) is 3.33. The van der Waals surface area contributed by atoms with Crippen LogP contribution in [0.25, 0.3) is 0 Å². The molecule has 9 heteroatoms. The Morgan fingerprint density at radius 2 is 1.91 bits per heavy atom. The Morgan fingerprint density at radius 1 is 1.19 bits per heavy atom. The Balaban J connectivity index is 2.29. The molecule has 0 unspecified atom stereocenters. The Kier molecular flexibility index (Phi) is 9.58. The largest absolute Gasteiger partial charge is 0.491 e. The van der Waals surface area contributed by atoms with E-state index in [1.165, 1.54) is 6.08 Å². The summed E-state index contributed by atoms with van der Waals surface area (Å²) in [4.78, 5) is 25.3. The second-order valence-corrected chi connectivity index (χ2v) is 8.29. The first-order valence-corrected chi connectivity index (χ1v) is 11.1. The van der Waals surface area contributed by atoms with Crippen molar-refractivity contribution in [1.82, 2.24) is 5.48 Å². The standard InChI is InChI=1S/C23H28N2O6S/c1-23(2,12-11-20(27)25-29)21(16-5-4-6-18(15-16)30-14-13-26)31-22(28)24-17-7-9-19(32-3)10-8-17/h4-12,15,21,26,29H,13-14H2,1-3H3,(H,24,28)(H,25,27)/b12-11+/t21-/m0/s1. The lowest BCUT2D eigenvalue weighted by Gasteiger charge is -2.32. The van der Waals surface area contributed by atoms with Crippen LogP contribution in [0.2, 0.25) is 0 Å². The summed E-state index contributed by atoms with van der Waals surface area (Å²) in [6, 6.07) is 14.3. The second kappa shape index (κ2) is 12.1. The van der Waals surface area contributed by atoms with Gasteiger partial charge in [0.15, 0.2) is 0 Å². The van der Waals surface area contributed by atoms with E-state index in [0.29, 0.717) is 17.0 Å². The van der Waals surface area contributed by atoms with Gasteiger partial charge in [0.2, 0.25) is 0 Å². The van der Waals surface area contributed by atoms with Crippen LogP contribution in [0.1, 0.15) is 25.5 Å². The molecular formula is C23H28N2O6S. The van der Waals surface area contributed by atoms with Gasteiger partial charge in [-0.05, 0) is 48.2 Å². The van der Waals surface area contributed by atoms with Gasteiger partial charge in [-0.25, -0.2) is 10.3 Å². The van der Waals surface area contributed by atoms with E-state index in [0.717, 1.165) is 4.90 Å². The number of hydrogen-bond donors (Lipinski definition) is 4. The van der Waals surface area contributed by atoms with Gasteiger partial charge >= 0.3 is 6.09 Å². The van der Waals surface area contributed by atoms with E-state index >= 15 is 0 Å². The molecular weight excluding hydrogens is 432 g/mol. The van der Waals surface area contributed by atoms with Gasteiger partial charge in [0.25, 0.3) is 5.91 Å². The number of aliphatic hydroxyl groups excluding tert-OH is 1. The number of carbonyl (C=O) groups excluding carboxylic acids is 2. The third-order valence-electron chi connectivity index (χ3n) is 4.53. The average Bonchev–Trinajstić information content (AvgIpc) is 2.80. The number of nitrogens with one attached hydrogen (secondary N) is 2. The molecule has 0 spiro atoms. The molecule has 1 atom stereocenters. The SMILES string of the molecule is CSc1ccc(NC(=O)O[C@@H](c2cccc(OCCO)c2)C(C)(C)/C=C/C(=O)NO)cc1. The van der Waals surface area contributed by atoms with Crippen LogP contribution in [0.3, 0.4) is 0 Å². The van der Waals surface area contributed by atoms with Crippen LogP contribution in [0, 0.1) is 5.41 Å². The van der Waals surface area contributed by atoms with Crippen LogP contribution in [0.4, 0.5) is 10.5 Å². The Hall–Kier alpha value is -3.01. The van der Waals surface area contributed by atoms with Crippen LogP contribution in [-0.2, 0) is 9.53 Å². The first-order chi connectivity index (χ1) is 15.3. The van der Waals surface area contributed by atoms with E-state index in [9.17, 15) is 9.59 Å². The molecule has 0 aliphatic heterocycles. The second-order valence-electron chi connectivity index (χ2n) is 7.41. The van der Waals surface area contributed by atoms with Crippen LogP contribution in [0.5, 0.6) is 5.75 Å². The van der Waals surface area contributed by atoms with Crippen molar-refractivity contribution in [2.75, 3.05) is 24.8 Å². The average molecular weight is 461 g/mol. The number of thioether (sulfide) groups is 1. The summed E-state index contributed by atoms with van der Waals surface area (Å²) in [5.41, 5.74) is 1.92. The van der Waals surface area contributed by atoms with E-state index in [1.54, 1.807) is 73.6 Å². The predicted molar refractivity (Wildman–Crippen MR) is 123 cm³/mol. The minimum Gasteiger partial charge on any atom is -0.491 e. The molecule has 8 nitrogen and oxygen atoms in total. The van der Waals surface area contributed by atoms with Crippen molar-refractivity contribution in [2.24, 2.45) is 5.41 Å². The third-order valence-corrected chi connectivity index (χ3v) is 5.28. The highest BCUT2D eigenvalue weighted by molar-refractivity contribution is 7.98. The molecule has 0 fully saturated rings. The van der Waals surface area contributed by atoms with Gasteiger partial charge in [-0.1, -0.05) is 32.1 Å². The van der Waals surface area contributed by atoms with Gasteiger partial charge in [-0.3, -0.25) is 15.3 Å². The number of hydrogen-bond acceptors (Lipinski definition) is 7. The summed E-state index contributed by atoms with van der Waals surface area (Å²) >= 11 is 1.59. The highest BCUT2D eigenvalue weighted by Gasteiger charge is 2.33. The molecule has 32 heavy (non-hydrogen) atoms. The molecule has 2 aromatic carbocycles. The summed E-state index contributed by atoms with van der Waals surface area (Å²) < 4.78 is 11.3. The van der Waals surface area contributed by atoms with Crippen molar-refractivity contribution >= 4 is 29.4 Å². The normalized spacial score (nSPS) is 12.3. The predicted octanol–water partition coefficient (Wildman–Crippen LogP) is 4.16. The Morgan fingerprint density at radius 3 is 2.53 bits per heavy atom. The zero-order valence-corrected chi connectivity index (χ0v) is 19.0. The molecule has 0 aromatic heterocycles. The quantitative estimate of drug-likeness (QED) is 0.182. The fourth-order valence-electron chi connectivity index (χ4n) is 2.92. The van der Waals surface area contributed by atoms with Crippen molar-refractivity contribution in [3.05, 3.63) is 66.2 Å². The zero-order chi connectivity index (χ0) is 23.6. The number of amides is 2.